The van der Waals surface area contributed by atoms with Crippen LogP contribution in [0.4, 0.5) is 13.2 Å². The number of rotatable bonds is 4. The molecule has 0 amide bonds. The van der Waals surface area contributed by atoms with Gasteiger partial charge in [0.25, 0.3) is 0 Å². The quantitative estimate of drug-likeness (QED) is 0.415. The highest BCUT2D eigenvalue weighted by Crippen LogP contribution is 2.39. The summed E-state index contributed by atoms with van der Waals surface area (Å²) in [5.74, 6) is -0.198. The number of para-hydroxylation sites is 1. The van der Waals surface area contributed by atoms with E-state index in [9.17, 15) is 13.2 Å². The van der Waals surface area contributed by atoms with Crippen molar-refractivity contribution in [1.29, 1.82) is 0 Å². The molecule has 3 heterocycles. The number of benzene rings is 2. The minimum absolute atomic E-state index is 0.00593. The lowest BCUT2D eigenvalue weighted by Crippen LogP contribution is -2.34. The zero-order valence-electron chi connectivity index (χ0n) is 15.9. The molecule has 2 aromatic carbocycles. The summed E-state index contributed by atoms with van der Waals surface area (Å²) >= 11 is 1.74. The van der Waals surface area contributed by atoms with Gasteiger partial charge in [-0.15, -0.1) is 24.5 Å². The van der Waals surface area contributed by atoms with E-state index in [2.05, 4.69) is 38.2 Å². The van der Waals surface area contributed by atoms with E-state index >= 15 is 0 Å². The minimum Gasteiger partial charge on any atom is -0.406 e. The number of hydrogen-bond donors (Lipinski definition) is 1. The average molecular weight is 428 g/mol. The summed E-state index contributed by atoms with van der Waals surface area (Å²) in [4.78, 5) is 7.06. The number of nitrogens with zero attached hydrogens (tertiary/aromatic N) is 1. The van der Waals surface area contributed by atoms with Crippen molar-refractivity contribution in [2.45, 2.75) is 25.4 Å². The molecule has 0 bridgehead atoms. The number of H-pyrrole nitrogens is 1. The van der Waals surface area contributed by atoms with Gasteiger partial charge < -0.3 is 9.72 Å². The number of thiophene rings is 1. The number of aromatic amines is 1. The number of alkyl halides is 3. The molecular weight excluding hydrogens is 409 g/mol. The normalized spacial score (nSPS) is 17.2. The summed E-state index contributed by atoms with van der Waals surface area (Å²) < 4.78 is 41.6. The number of nitrogens with one attached hydrogen (secondary N) is 1. The Kier molecular flexibility index (Phi) is 4.79. The zero-order chi connectivity index (χ0) is 20.7. The van der Waals surface area contributed by atoms with Gasteiger partial charge >= 0.3 is 6.36 Å². The third-order valence-corrected chi connectivity index (χ3v) is 6.54. The molecule has 154 valence electrons. The summed E-state index contributed by atoms with van der Waals surface area (Å²) in [5.41, 5.74) is 4.51. The van der Waals surface area contributed by atoms with Gasteiger partial charge in [-0.2, -0.15) is 0 Å². The van der Waals surface area contributed by atoms with Crippen LogP contribution >= 0.6 is 11.3 Å². The maximum atomic E-state index is 12.5. The molecule has 2 aromatic heterocycles. The van der Waals surface area contributed by atoms with Crippen LogP contribution in [0.2, 0.25) is 0 Å². The predicted molar refractivity (Wildman–Crippen MR) is 112 cm³/mol. The minimum atomic E-state index is -4.69. The molecule has 0 aliphatic carbocycles. The largest absolute Gasteiger partial charge is 0.573 e. The summed E-state index contributed by atoms with van der Waals surface area (Å²) in [7, 11) is 0. The number of fused-ring (bicyclic) bond motifs is 2. The Balaban J connectivity index is 1.48. The second-order valence-corrected chi connectivity index (χ2v) is 8.40. The summed E-state index contributed by atoms with van der Waals surface area (Å²) in [6.07, 6.45) is -1.67. The molecule has 0 radical (unpaired) electrons. The van der Waals surface area contributed by atoms with Crippen LogP contribution in [0.15, 0.2) is 66.2 Å². The van der Waals surface area contributed by atoms with Gasteiger partial charge in [0.2, 0.25) is 0 Å². The molecular formula is C23H19F3N2OS. The van der Waals surface area contributed by atoms with E-state index in [0.717, 1.165) is 30.6 Å². The second-order valence-electron chi connectivity index (χ2n) is 7.40. The lowest BCUT2D eigenvalue weighted by Gasteiger charge is -2.36. The molecule has 30 heavy (non-hydrogen) atoms. The van der Waals surface area contributed by atoms with Gasteiger partial charge in [0.15, 0.2) is 0 Å². The van der Waals surface area contributed by atoms with E-state index < -0.39 is 6.36 Å². The SMILES string of the molecule is FC(F)(F)Oc1ccc([C@H]2c3ccsc3CCN2Cc2c[nH]c3ccccc23)cc1. The fourth-order valence-corrected chi connectivity index (χ4v) is 5.17. The molecule has 0 saturated heterocycles. The van der Waals surface area contributed by atoms with Gasteiger partial charge in [-0.05, 0) is 52.8 Å². The Morgan fingerprint density at radius 2 is 1.87 bits per heavy atom. The topological polar surface area (TPSA) is 28.3 Å². The van der Waals surface area contributed by atoms with Gasteiger partial charge in [-0.1, -0.05) is 30.3 Å². The van der Waals surface area contributed by atoms with E-state index in [0.29, 0.717) is 0 Å². The Morgan fingerprint density at radius 1 is 1.07 bits per heavy atom. The third kappa shape index (κ3) is 3.70. The number of ether oxygens (including phenoxy) is 1. The van der Waals surface area contributed by atoms with Crippen LogP contribution in [0.3, 0.4) is 0 Å². The standard InChI is InChI=1S/C23H19F3N2OS/c24-23(25,26)29-17-7-5-15(6-8-17)22-19-10-12-30-21(19)9-11-28(22)14-16-13-27-20-4-2-1-3-18(16)20/h1-8,10,12-13,22,27H,9,11,14H2/t22-/m0/s1. The van der Waals surface area contributed by atoms with Crippen molar-refractivity contribution >= 4 is 22.2 Å². The van der Waals surface area contributed by atoms with E-state index in [-0.39, 0.29) is 11.8 Å². The first-order chi connectivity index (χ1) is 14.5. The fourth-order valence-electron chi connectivity index (χ4n) is 4.26. The molecule has 3 nitrogen and oxygen atoms in total. The van der Waals surface area contributed by atoms with Gasteiger partial charge in [0, 0.05) is 35.1 Å². The Hall–Kier alpha value is -2.77. The van der Waals surface area contributed by atoms with Gasteiger partial charge in [0.05, 0.1) is 6.04 Å². The van der Waals surface area contributed by atoms with Gasteiger partial charge in [-0.25, -0.2) is 0 Å². The van der Waals surface area contributed by atoms with Crippen LogP contribution in [0, 0.1) is 0 Å². The molecule has 1 aliphatic heterocycles. The van der Waals surface area contributed by atoms with Crippen molar-refractivity contribution in [3.05, 3.63) is 87.7 Å². The molecule has 0 saturated carbocycles. The summed E-state index contributed by atoms with van der Waals surface area (Å²) in [6, 6.07) is 16.6. The average Bonchev–Trinajstić information content (AvgIpc) is 3.35. The summed E-state index contributed by atoms with van der Waals surface area (Å²) in [5, 5.41) is 3.29. The fraction of sp³-hybridized carbons (Fsp3) is 0.217. The number of halogens is 3. The van der Waals surface area contributed by atoms with Crippen molar-refractivity contribution in [1.82, 2.24) is 9.88 Å². The molecule has 7 heteroatoms. The maximum absolute atomic E-state index is 12.5. The highest BCUT2D eigenvalue weighted by Gasteiger charge is 2.32. The van der Waals surface area contributed by atoms with Crippen molar-refractivity contribution in [3.8, 4) is 5.75 Å². The molecule has 0 spiro atoms. The van der Waals surface area contributed by atoms with E-state index in [1.165, 1.54) is 33.5 Å². The summed E-state index contributed by atoms with van der Waals surface area (Å²) in [6.45, 7) is 1.64. The molecule has 0 fully saturated rings. The predicted octanol–water partition coefficient (Wildman–Crippen LogP) is 6.28. The molecule has 5 rings (SSSR count). The van der Waals surface area contributed by atoms with E-state index in [1.54, 1.807) is 23.5 Å². The number of hydrogen-bond acceptors (Lipinski definition) is 3. The first kappa shape index (κ1) is 19.2. The van der Waals surface area contributed by atoms with Crippen molar-refractivity contribution < 1.29 is 17.9 Å². The zero-order valence-corrected chi connectivity index (χ0v) is 16.8. The van der Waals surface area contributed by atoms with Crippen molar-refractivity contribution in [3.63, 3.8) is 0 Å². The lowest BCUT2D eigenvalue weighted by molar-refractivity contribution is -0.274. The highest BCUT2D eigenvalue weighted by molar-refractivity contribution is 7.10. The van der Waals surface area contributed by atoms with Crippen LogP contribution in [-0.2, 0) is 13.0 Å². The lowest BCUT2D eigenvalue weighted by atomic mass is 9.92. The molecule has 1 N–H and O–H groups in total. The van der Waals surface area contributed by atoms with Crippen LogP contribution in [-0.4, -0.2) is 22.8 Å². The number of aromatic nitrogens is 1. The Labute approximate surface area is 175 Å². The first-order valence-electron chi connectivity index (χ1n) is 9.69. The van der Waals surface area contributed by atoms with Crippen LogP contribution < -0.4 is 4.74 Å². The molecule has 0 unspecified atom stereocenters. The molecule has 1 atom stereocenters. The van der Waals surface area contributed by atoms with Crippen molar-refractivity contribution in [2.24, 2.45) is 0 Å². The van der Waals surface area contributed by atoms with Crippen LogP contribution in [0.1, 0.15) is 27.6 Å². The molecule has 1 aliphatic rings. The Bertz CT molecular complexity index is 1160. The van der Waals surface area contributed by atoms with Gasteiger partial charge in [0.1, 0.15) is 5.75 Å². The Morgan fingerprint density at radius 3 is 2.67 bits per heavy atom. The van der Waals surface area contributed by atoms with Crippen LogP contribution in [0.5, 0.6) is 5.75 Å². The third-order valence-electron chi connectivity index (χ3n) is 5.54. The monoisotopic (exact) mass is 428 g/mol. The first-order valence-corrected chi connectivity index (χ1v) is 10.6. The highest BCUT2D eigenvalue weighted by atomic mass is 32.1. The second kappa shape index (κ2) is 7.49. The van der Waals surface area contributed by atoms with Gasteiger partial charge in [-0.3, -0.25) is 4.90 Å². The maximum Gasteiger partial charge on any atom is 0.573 e. The van der Waals surface area contributed by atoms with E-state index in [4.69, 9.17) is 0 Å². The van der Waals surface area contributed by atoms with Crippen molar-refractivity contribution in [2.75, 3.05) is 6.54 Å². The smallest absolute Gasteiger partial charge is 0.406 e. The molecule has 4 aromatic rings. The van der Waals surface area contributed by atoms with E-state index in [1.807, 2.05) is 18.3 Å². The van der Waals surface area contributed by atoms with Crippen LogP contribution in [0.25, 0.3) is 10.9 Å².